The van der Waals surface area contributed by atoms with Crippen molar-refractivity contribution in [2.24, 2.45) is 0 Å². The van der Waals surface area contributed by atoms with Crippen LogP contribution in [0.3, 0.4) is 0 Å². The van der Waals surface area contributed by atoms with Gasteiger partial charge < -0.3 is 9.13 Å². The Bertz CT molecular complexity index is 4720. The van der Waals surface area contributed by atoms with E-state index in [0.29, 0.717) is 17.6 Å². The van der Waals surface area contributed by atoms with E-state index in [4.69, 9.17) is 15.0 Å². The smallest absolute Gasteiger partial charge is 0.238 e. The summed E-state index contributed by atoms with van der Waals surface area (Å²) in [7, 11) is 0. The van der Waals surface area contributed by atoms with Crippen LogP contribution in [0.15, 0.2) is 267 Å². The molecule has 0 saturated heterocycles. The molecule has 0 unspecified atom stereocenters. The molecule has 0 saturated carbocycles. The predicted molar refractivity (Wildman–Crippen MR) is 320 cm³/mol. The van der Waals surface area contributed by atoms with Gasteiger partial charge in [-0.2, -0.15) is 9.97 Å². The van der Waals surface area contributed by atoms with Crippen LogP contribution in [0.1, 0.15) is 0 Å². The molecular formula is C71H44N6. The molecule has 0 atom stereocenters. The maximum atomic E-state index is 5.48. The summed E-state index contributed by atoms with van der Waals surface area (Å²) in [5.41, 5.74) is 15.4. The van der Waals surface area contributed by atoms with Crippen LogP contribution >= 0.6 is 0 Å². The highest BCUT2D eigenvalue weighted by Gasteiger charge is 2.22. The van der Waals surface area contributed by atoms with Crippen LogP contribution in [0.4, 0.5) is 0 Å². The molecule has 0 fully saturated rings. The standard InChI is InChI=1S/C71H44N6/c1-3-21-51(22-4-1)75-63-31-13-11-27-55(63)59-41-47(33-37-65(59)75)49-35-39-67-61(43-49)62-44-50(48-34-38-66-60(42-48)56-28-12-14-32-64(56)76(66)52-23-5-2-6-24-52)36-40-68(62)77(67)71-73-69(57-29-15-19-45-17-7-9-25-53(45)57)72-70(74-71)58-30-16-20-46-18-8-10-26-54(46)58/h1-44H. The molecular weight excluding hydrogens is 937 g/mol. The molecule has 6 nitrogen and oxygen atoms in total. The Kier molecular flexibility index (Phi) is 9.53. The first-order valence-electron chi connectivity index (χ1n) is 26.2. The SMILES string of the molecule is c1ccc(-n2c3ccccc3c3cc(-c4ccc5c(c4)c4cc(-c6ccc7c(c6)c6ccccc6n7-c6ccccc6)ccc4n5-c4nc(-c5cccc6ccccc56)nc(-c5cccc6ccccc56)n4)ccc32)cc1. The van der Waals surface area contributed by atoms with Crippen molar-refractivity contribution < 1.29 is 0 Å². The van der Waals surface area contributed by atoms with Crippen molar-refractivity contribution in [1.29, 1.82) is 0 Å². The maximum absolute atomic E-state index is 5.48. The number of benzene rings is 12. The fourth-order valence-corrected chi connectivity index (χ4v) is 12.2. The molecule has 0 spiro atoms. The first-order valence-corrected chi connectivity index (χ1v) is 26.2. The van der Waals surface area contributed by atoms with Gasteiger partial charge in [0.25, 0.3) is 0 Å². The van der Waals surface area contributed by atoms with E-state index in [2.05, 4.69) is 281 Å². The second-order valence-electron chi connectivity index (χ2n) is 20.0. The molecule has 4 aromatic heterocycles. The van der Waals surface area contributed by atoms with E-state index in [1.807, 2.05) is 0 Å². The molecule has 6 heteroatoms. The van der Waals surface area contributed by atoms with Crippen LogP contribution in [0.5, 0.6) is 0 Å². The summed E-state index contributed by atoms with van der Waals surface area (Å²) in [5.74, 6) is 1.78. The first kappa shape index (κ1) is 43.0. The lowest BCUT2D eigenvalue weighted by atomic mass is 9.98. The number of hydrogen-bond acceptors (Lipinski definition) is 3. The van der Waals surface area contributed by atoms with Crippen LogP contribution in [-0.2, 0) is 0 Å². The number of fused-ring (bicyclic) bond motifs is 11. The molecule has 0 aliphatic rings. The second kappa shape index (κ2) is 17.1. The van der Waals surface area contributed by atoms with Gasteiger partial charge in [-0.3, -0.25) is 4.57 Å². The molecule has 12 aromatic carbocycles. The minimum absolute atomic E-state index is 0.552. The van der Waals surface area contributed by atoms with Crippen LogP contribution in [0, 0.1) is 0 Å². The van der Waals surface area contributed by atoms with E-state index in [-0.39, 0.29) is 0 Å². The molecule has 0 aliphatic heterocycles. The van der Waals surface area contributed by atoms with Crippen LogP contribution in [0.25, 0.3) is 149 Å². The fourth-order valence-electron chi connectivity index (χ4n) is 12.2. The largest absolute Gasteiger partial charge is 0.309 e. The van der Waals surface area contributed by atoms with Gasteiger partial charge >= 0.3 is 0 Å². The van der Waals surface area contributed by atoms with E-state index in [1.165, 1.54) is 43.6 Å². The highest BCUT2D eigenvalue weighted by Crippen LogP contribution is 2.42. The molecule has 77 heavy (non-hydrogen) atoms. The predicted octanol–water partition coefficient (Wildman–Crippen LogP) is 18.1. The summed E-state index contributed by atoms with van der Waals surface area (Å²) in [5, 5.41) is 11.5. The molecule has 0 aliphatic carbocycles. The average molecular weight is 981 g/mol. The van der Waals surface area contributed by atoms with Crippen LogP contribution in [0.2, 0.25) is 0 Å². The zero-order valence-corrected chi connectivity index (χ0v) is 41.6. The molecule has 16 aromatic rings. The number of hydrogen-bond donors (Lipinski definition) is 0. The van der Waals surface area contributed by atoms with E-state index < -0.39 is 0 Å². The zero-order chi connectivity index (χ0) is 50.6. The molecule has 358 valence electrons. The minimum atomic E-state index is 0.552. The fraction of sp³-hybridized carbons (Fsp3) is 0. The Balaban J connectivity index is 0.943. The summed E-state index contributed by atoms with van der Waals surface area (Å²) in [6.07, 6.45) is 0. The number of para-hydroxylation sites is 4. The summed E-state index contributed by atoms with van der Waals surface area (Å²) >= 11 is 0. The van der Waals surface area contributed by atoms with Gasteiger partial charge in [0.05, 0.1) is 33.1 Å². The summed E-state index contributed by atoms with van der Waals surface area (Å²) in [6.45, 7) is 0. The minimum Gasteiger partial charge on any atom is -0.309 e. The molecule has 16 rings (SSSR count). The van der Waals surface area contributed by atoms with Crippen molar-refractivity contribution in [3.05, 3.63) is 267 Å². The lowest BCUT2D eigenvalue weighted by Crippen LogP contribution is -2.06. The van der Waals surface area contributed by atoms with Gasteiger partial charge in [0.1, 0.15) is 0 Å². The number of aromatic nitrogens is 6. The Labute approximate surface area is 442 Å². The van der Waals surface area contributed by atoms with Gasteiger partial charge in [-0.15, -0.1) is 0 Å². The highest BCUT2D eigenvalue weighted by atomic mass is 15.2. The summed E-state index contributed by atoms with van der Waals surface area (Å²) in [4.78, 5) is 16.3. The quantitative estimate of drug-likeness (QED) is 0.160. The average Bonchev–Trinajstić information content (AvgIpc) is 4.18. The van der Waals surface area contributed by atoms with Crippen LogP contribution in [-0.4, -0.2) is 28.7 Å². The monoisotopic (exact) mass is 980 g/mol. The van der Waals surface area contributed by atoms with Crippen LogP contribution < -0.4 is 0 Å². The summed E-state index contributed by atoms with van der Waals surface area (Å²) in [6, 6.07) is 96.0. The Hall–Kier alpha value is -10.4. The zero-order valence-electron chi connectivity index (χ0n) is 41.6. The van der Waals surface area contributed by atoms with Crippen molar-refractivity contribution in [2.45, 2.75) is 0 Å². The van der Waals surface area contributed by atoms with Gasteiger partial charge in [-0.1, -0.05) is 182 Å². The van der Waals surface area contributed by atoms with Gasteiger partial charge in [0, 0.05) is 54.8 Å². The van der Waals surface area contributed by atoms with Crippen molar-refractivity contribution in [1.82, 2.24) is 28.7 Å². The molecule has 4 heterocycles. The molecule has 0 amide bonds. The lowest BCUT2D eigenvalue weighted by Gasteiger charge is -2.13. The maximum Gasteiger partial charge on any atom is 0.238 e. The van der Waals surface area contributed by atoms with Crippen molar-refractivity contribution in [2.75, 3.05) is 0 Å². The third kappa shape index (κ3) is 6.79. The van der Waals surface area contributed by atoms with Gasteiger partial charge in [-0.05, 0) is 129 Å². The molecule has 0 N–H and O–H groups in total. The highest BCUT2D eigenvalue weighted by molar-refractivity contribution is 6.15. The van der Waals surface area contributed by atoms with Crippen molar-refractivity contribution >= 4 is 87.0 Å². The molecule has 0 radical (unpaired) electrons. The Morgan fingerprint density at radius 1 is 0.221 bits per heavy atom. The molecule has 0 bridgehead atoms. The Morgan fingerprint density at radius 3 is 0.974 bits per heavy atom. The topological polar surface area (TPSA) is 53.5 Å². The van der Waals surface area contributed by atoms with Gasteiger partial charge in [0.2, 0.25) is 5.95 Å². The van der Waals surface area contributed by atoms with Gasteiger partial charge in [0.15, 0.2) is 11.6 Å². The summed E-state index contributed by atoms with van der Waals surface area (Å²) < 4.78 is 6.99. The van der Waals surface area contributed by atoms with Crippen molar-refractivity contribution in [3.8, 4) is 62.4 Å². The second-order valence-corrected chi connectivity index (χ2v) is 20.0. The van der Waals surface area contributed by atoms with Gasteiger partial charge in [-0.25, -0.2) is 4.98 Å². The third-order valence-electron chi connectivity index (χ3n) is 15.7. The third-order valence-corrected chi connectivity index (χ3v) is 15.7. The number of nitrogens with zero attached hydrogens (tertiary/aromatic N) is 6. The first-order chi connectivity index (χ1) is 38.2. The van der Waals surface area contributed by atoms with Crippen molar-refractivity contribution in [3.63, 3.8) is 0 Å². The van der Waals surface area contributed by atoms with E-state index in [9.17, 15) is 0 Å². The lowest BCUT2D eigenvalue weighted by molar-refractivity contribution is 0.955. The van der Waals surface area contributed by atoms with E-state index in [0.717, 1.165) is 88.1 Å². The Morgan fingerprint density at radius 2 is 0.545 bits per heavy atom. The van der Waals surface area contributed by atoms with E-state index in [1.54, 1.807) is 0 Å². The van der Waals surface area contributed by atoms with E-state index >= 15 is 0 Å². The normalized spacial score (nSPS) is 11.9. The number of rotatable bonds is 7.